The SMILES string of the molecule is CC(C)(C)C(=O)OC[C@H]1OC(=O)C2C=CC21. The minimum absolute atomic E-state index is 0.0975. The summed E-state index contributed by atoms with van der Waals surface area (Å²) >= 11 is 0. The molecule has 0 spiro atoms. The molecule has 0 N–H and O–H groups in total. The van der Waals surface area contributed by atoms with Gasteiger partial charge in [-0.1, -0.05) is 12.2 Å². The summed E-state index contributed by atoms with van der Waals surface area (Å²) in [6.45, 7) is 5.54. The molecular formula is C12H16O4. The van der Waals surface area contributed by atoms with Crippen LogP contribution in [-0.2, 0) is 19.1 Å². The second-order valence-electron chi connectivity index (χ2n) is 5.31. The Hall–Kier alpha value is -1.32. The number of fused-ring (bicyclic) bond motifs is 1. The zero-order chi connectivity index (χ0) is 11.9. The number of rotatable bonds is 2. The van der Waals surface area contributed by atoms with Crippen LogP contribution in [0.4, 0.5) is 0 Å². The maximum absolute atomic E-state index is 11.5. The Labute approximate surface area is 94.6 Å². The normalized spacial score (nSPS) is 31.7. The van der Waals surface area contributed by atoms with Crippen molar-refractivity contribution < 1.29 is 19.1 Å². The van der Waals surface area contributed by atoms with Crippen molar-refractivity contribution in [1.29, 1.82) is 0 Å². The van der Waals surface area contributed by atoms with Crippen LogP contribution in [0.2, 0.25) is 0 Å². The molecule has 0 radical (unpaired) electrons. The molecular weight excluding hydrogens is 208 g/mol. The molecule has 2 aliphatic rings. The van der Waals surface area contributed by atoms with E-state index in [2.05, 4.69) is 0 Å². The molecule has 1 fully saturated rings. The Morgan fingerprint density at radius 2 is 2.12 bits per heavy atom. The number of carbonyl (C=O) groups is 2. The van der Waals surface area contributed by atoms with E-state index in [9.17, 15) is 9.59 Å². The van der Waals surface area contributed by atoms with Crippen LogP contribution in [0, 0.1) is 17.3 Å². The first-order chi connectivity index (χ1) is 7.39. The molecule has 1 saturated heterocycles. The van der Waals surface area contributed by atoms with Gasteiger partial charge in [0.2, 0.25) is 0 Å². The van der Waals surface area contributed by atoms with Gasteiger partial charge in [0.25, 0.3) is 0 Å². The van der Waals surface area contributed by atoms with Gasteiger partial charge in [-0.05, 0) is 20.8 Å². The second-order valence-corrected chi connectivity index (χ2v) is 5.31. The first-order valence-electron chi connectivity index (χ1n) is 5.45. The zero-order valence-electron chi connectivity index (χ0n) is 9.73. The number of esters is 2. The topological polar surface area (TPSA) is 52.6 Å². The molecule has 0 bridgehead atoms. The molecule has 2 unspecified atom stereocenters. The van der Waals surface area contributed by atoms with Crippen molar-refractivity contribution in [3.05, 3.63) is 12.2 Å². The molecule has 0 aromatic heterocycles. The van der Waals surface area contributed by atoms with E-state index in [1.807, 2.05) is 12.2 Å². The predicted octanol–water partition coefficient (Wildman–Crippen LogP) is 1.30. The molecule has 88 valence electrons. The maximum Gasteiger partial charge on any atom is 0.313 e. The fourth-order valence-corrected chi connectivity index (χ4v) is 1.77. The van der Waals surface area contributed by atoms with Gasteiger partial charge in [-0.15, -0.1) is 0 Å². The van der Waals surface area contributed by atoms with Gasteiger partial charge < -0.3 is 9.47 Å². The monoisotopic (exact) mass is 224 g/mol. The van der Waals surface area contributed by atoms with Crippen molar-refractivity contribution in [2.45, 2.75) is 26.9 Å². The largest absolute Gasteiger partial charge is 0.461 e. The molecule has 1 aliphatic carbocycles. The van der Waals surface area contributed by atoms with Crippen LogP contribution < -0.4 is 0 Å². The van der Waals surface area contributed by atoms with E-state index in [-0.39, 0.29) is 36.5 Å². The highest BCUT2D eigenvalue weighted by Gasteiger charge is 2.46. The third-order valence-electron chi connectivity index (χ3n) is 2.92. The fraction of sp³-hybridized carbons (Fsp3) is 0.667. The van der Waals surface area contributed by atoms with Crippen molar-refractivity contribution in [3.63, 3.8) is 0 Å². The molecule has 0 aromatic carbocycles. The number of hydrogen-bond acceptors (Lipinski definition) is 4. The highest BCUT2D eigenvalue weighted by Crippen LogP contribution is 2.37. The van der Waals surface area contributed by atoms with Crippen molar-refractivity contribution >= 4 is 11.9 Å². The van der Waals surface area contributed by atoms with Gasteiger partial charge >= 0.3 is 11.9 Å². The summed E-state index contributed by atoms with van der Waals surface area (Å²) in [6.07, 6.45) is 3.47. The van der Waals surface area contributed by atoms with Gasteiger partial charge in [0.15, 0.2) is 0 Å². The maximum atomic E-state index is 11.5. The lowest BCUT2D eigenvalue weighted by molar-refractivity contribution is -0.160. The lowest BCUT2D eigenvalue weighted by atomic mass is 9.81. The second kappa shape index (κ2) is 3.61. The summed E-state index contributed by atoms with van der Waals surface area (Å²) in [4.78, 5) is 22.8. The molecule has 0 saturated carbocycles. The highest BCUT2D eigenvalue weighted by molar-refractivity contribution is 5.80. The van der Waals surface area contributed by atoms with E-state index in [4.69, 9.17) is 9.47 Å². The third kappa shape index (κ3) is 1.84. The van der Waals surface area contributed by atoms with Crippen molar-refractivity contribution in [2.75, 3.05) is 6.61 Å². The summed E-state index contributed by atoms with van der Waals surface area (Å²) in [6, 6.07) is 0. The Kier molecular flexibility index (Phi) is 2.52. The minimum atomic E-state index is -0.516. The average molecular weight is 224 g/mol. The van der Waals surface area contributed by atoms with Gasteiger partial charge in [0, 0.05) is 5.92 Å². The summed E-state index contributed by atoms with van der Waals surface area (Å²) < 4.78 is 10.3. The Balaban J connectivity index is 1.86. The average Bonchev–Trinajstić information content (AvgIpc) is 2.29. The molecule has 4 nitrogen and oxygen atoms in total. The zero-order valence-corrected chi connectivity index (χ0v) is 9.73. The summed E-state index contributed by atoms with van der Waals surface area (Å²) in [5.74, 6) is -0.488. The molecule has 2 rings (SSSR count). The summed E-state index contributed by atoms with van der Waals surface area (Å²) in [7, 11) is 0. The van der Waals surface area contributed by atoms with E-state index in [0.717, 1.165) is 0 Å². The minimum Gasteiger partial charge on any atom is -0.461 e. The fourth-order valence-electron chi connectivity index (χ4n) is 1.77. The van der Waals surface area contributed by atoms with Crippen LogP contribution in [0.25, 0.3) is 0 Å². The smallest absolute Gasteiger partial charge is 0.313 e. The summed E-state index contributed by atoms with van der Waals surface area (Å²) in [5.41, 5.74) is -0.516. The summed E-state index contributed by atoms with van der Waals surface area (Å²) in [5, 5.41) is 0. The van der Waals surface area contributed by atoms with E-state index in [1.165, 1.54) is 0 Å². The van der Waals surface area contributed by atoms with E-state index in [0.29, 0.717) is 0 Å². The molecule has 16 heavy (non-hydrogen) atoms. The van der Waals surface area contributed by atoms with Gasteiger partial charge in [-0.25, -0.2) is 0 Å². The Morgan fingerprint density at radius 1 is 1.44 bits per heavy atom. The highest BCUT2D eigenvalue weighted by atomic mass is 16.6. The molecule has 1 aliphatic heterocycles. The van der Waals surface area contributed by atoms with Crippen LogP contribution in [0.15, 0.2) is 12.2 Å². The van der Waals surface area contributed by atoms with E-state index >= 15 is 0 Å². The van der Waals surface area contributed by atoms with Crippen molar-refractivity contribution in [1.82, 2.24) is 0 Å². The van der Waals surface area contributed by atoms with E-state index in [1.54, 1.807) is 20.8 Å². The third-order valence-corrected chi connectivity index (χ3v) is 2.92. The first-order valence-corrected chi connectivity index (χ1v) is 5.45. The number of ether oxygens (including phenoxy) is 2. The van der Waals surface area contributed by atoms with Gasteiger partial charge in [0.05, 0.1) is 11.3 Å². The number of hydrogen-bond donors (Lipinski definition) is 0. The van der Waals surface area contributed by atoms with Crippen LogP contribution in [0.5, 0.6) is 0 Å². The first kappa shape index (κ1) is 11.2. The molecule has 3 atom stereocenters. The van der Waals surface area contributed by atoms with Crippen LogP contribution >= 0.6 is 0 Å². The quantitative estimate of drug-likeness (QED) is 0.524. The number of carbonyl (C=O) groups excluding carboxylic acids is 2. The van der Waals surface area contributed by atoms with Gasteiger partial charge in [-0.3, -0.25) is 9.59 Å². The lowest BCUT2D eigenvalue weighted by Gasteiger charge is -2.23. The van der Waals surface area contributed by atoms with E-state index < -0.39 is 5.41 Å². The van der Waals surface area contributed by atoms with Crippen LogP contribution in [-0.4, -0.2) is 24.6 Å². The predicted molar refractivity (Wildman–Crippen MR) is 56.4 cm³/mol. The van der Waals surface area contributed by atoms with Gasteiger partial charge in [0.1, 0.15) is 12.7 Å². The molecule has 0 aromatic rings. The lowest BCUT2D eigenvalue weighted by Crippen LogP contribution is -2.31. The molecule has 1 heterocycles. The molecule has 4 heteroatoms. The number of cyclic esters (lactones) is 1. The van der Waals surface area contributed by atoms with Crippen LogP contribution in [0.1, 0.15) is 20.8 Å². The van der Waals surface area contributed by atoms with Crippen LogP contribution in [0.3, 0.4) is 0 Å². The van der Waals surface area contributed by atoms with Gasteiger partial charge in [-0.2, -0.15) is 0 Å². The Morgan fingerprint density at radius 3 is 2.56 bits per heavy atom. The van der Waals surface area contributed by atoms with Crippen molar-refractivity contribution in [3.8, 4) is 0 Å². The standard InChI is InChI=1S/C12H16O4/c1-12(2,3)11(14)15-6-9-7-4-5-8(7)10(13)16-9/h4-5,7-9H,6H2,1-3H3/t7?,8?,9-/m1/s1. The molecule has 0 amide bonds. The van der Waals surface area contributed by atoms with Crippen molar-refractivity contribution in [2.24, 2.45) is 17.3 Å². The Bertz CT molecular complexity index is 351.